The van der Waals surface area contributed by atoms with Crippen LogP contribution in [0, 0.1) is 0 Å². The molecule has 0 saturated carbocycles. The molecular formula is C9H8F2N2O2S. The summed E-state index contributed by atoms with van der Waals surface area (Å²) in [5, 5.41) is 0. The van der Waals surface area contributed by atoms with E-state index in [1.165, 1.54) is 18.2 Å². The number of alkyl halides is 2. The minimum atomic E-state index is -3.34. The predicted molar refractivity (Wildman–Crippen MR) is 54.2 cm³/mol. The lowest BCUT2D eigenvalue weighted by Gasteiger charge is -1.96. The van der Waals surface area contributed by atoms with Gasteiger partial charge < -0.3 is 4.98 Å². The average molecular weight is 246 g/mol. The zero-order valence-corrected chi connectivity index (χ0v) is 9.05. The number of sulfone groups is 1. The van der Waals surface area contributed by atoms with E-state index < -0.39 is 22.1 Å². The molecule has 0 spiro atoms. The first-order valence-corrected chi connectivity index (χ1v) is 6.25. The monoisotopic (exact) mass is 246 g/mol. The number of rotatable bonds is 2. The Morgan fingerprint density at radius 3 is 2.62 bits per heavy atom. The maximum atomic E-state index is 12.3. The summed E-state index contributed by atoms with van der Waals surface area (Å²) in [6.45, 7) is 0. The van der Waals surface area contributed by atoms with E-state index in [2.05, 4.69) is 9.97 Å². The molecule has 0 amide bonds. The summed E-state index contributed by atoms with van der Waals surface area (Å²) in [7, 11) is -3.34. The van der Waals surface area contributed by atoms with Crippen LogP contribution in [-0.4, -0.2) is 24.6 Å². The first-order valence-electron chi connectivity index (χ1n) is 4.36. The molecule has 2 rings (SSSR count). The highest BCUT2D eigenvalue weighted by molar-refractivity contribution is 7.90. The van der Waals surface area contributed by atoms with Gasteiger partial charge in [-0.25, -0.2) is 22.2 Å². The minimum absolute atomic E-state index is 0.0736. The summed E-state index contributed by atoms with van der Waals surface area (Å²) < 4.78 is 47.1. The lowest BCUT2D eigenvalue weighted by molar-refractivity contribution is 0.142. The van der Waals surface area contributed by atoms with Crippen molar-refractivity contribution in [3.05, 3.63) is 24.0 Å². The van der Waals surface area contributed by atoms with Gasteiger partial charge in [-0.2, -0.15) is 0 Å². The second kappa shape index (κ2) is 3.51. The van der Waals surface area contributed by atoms with E-state index in [0.717, 1.165) is 6.26 Å². The van der Waals surface area contributed by atoms with Gasteiger partial charge in [0, 0.05) is 6.26 Å². The zero-order valence-electron chi connectivity index (χ0n) is 8.24. The van der Waals surface area contributed by atoms with Gasteiger partial charge in [0.2, 0.25) is 0 Å². The molecule has 0 saturated heterocycles. The SMILES string of the molecule is CS(=O)(=O)c1ccc2nc(C(F)F)[nH]c2c1. The fraction of sp³-hybridized carbons (Fsp3) is 0.222. The summed E-state index contributed by atoms with van der Waals surface area (Å²) >= 11 is 0. The fourth-order valence-electron chi connectivity index (χ4n) is 1.34. The molecule has 0 aliphatic carbocycles. The molecule has 0 fully saturated rings. The molecule has 1 aromatic carbocycles. The van der Waals surface area contributed by atoms with Crippen molar-refractivity contribution in [3.63, 3.8) is 0 Å². The van der Waals surface area contributed by atoms with Gasteiger partial charge in [0.05, 0.1) is 15.9 Å². The second-order valence-electron chi connectivity index (χ2n) is 3.37. The third-order valence-electron chi connectivity index (χ3n) is 2.11. The van der Waals surface area contributed by atoms with Crippen molar-refractivity contribution in [2.24, 2.45) is 0 Å². The van der Waals surface area contributed by atoms with Crippen molar-refractivity contribution in [2.45, 2.75) is 11.3 Å². The molecule has 16 heavy (non-hydrogen) atoms. The molecule has 0 bridgehead atoms. The molecule has 0 radical (unpaired) electrons. The Hall–Kier alpha value is -1.50. The van der Waals surface area contributed by atoms with Gasteiger partial charge in [-0.3, -0.25) is 0 Å². The molecule has 4 nitrogen and oxygen atoms in total. The number of hydrogen-bond acceptors (Lipinski definition) is 3. The van der Waals surface area contributed by atoms with Gasteiger partial charge in [-0.1, -0.05) is 0 Å². The molecule has 0 unspecified atom stereocenters. The van der Waals surface area contributed by atoms with E-state index >= 15 is 0 Å². The van der Waals surface area contributed by atoms with Crippen LogP contribution in [0.4, 0.5) is 8.78 Å². The smallest absolute Gasteiger partial charge is 0.295 e. The Bertz CT molecular complexity index is 634. The Balaban J connectivity index is 2.63. The van der Waals surface area contributed by atoms with E-state index in [1.54, 1.807) is 0 Å². The Morgan fingerprint density at radius 2 is 2.06 bits per heavy atom. The van der Waals surface area contributed by atoms with Crippen LogP contribution in [0.15, 0.2) is 23.1 Å². The van der Waals surface area contributed by atoms with Crippen molar-refractivity contribution >= 4 is 20.9 Å². The largest absolute Gasteiger partial charge is 0.337 e. The summed E-state index contributed by atoms with van der Waals surface area (Å²) in [4.78, 5) is 6.09. The maximum Gasteiger partial charge on any atom is 0.295 e. The number of imidazole rings is 1. The van der Waals surface area contributed by atoms with Crippen molar-refractivity contribution < 1.29 is 17.2 Å². The Kier molecular flexibility index (Phi) is 2.42. The van der Waals surface area contributed by atoms with Crippen LogP contribution in [0.25, 0.3) is 11.0 Å². The third-order valence-corrected chi connectivity index (χ3v) is 3.22. The molecule has 0 aliphatic heterocycles. The average Bonchev–Trinajstić information content (AvgIpc) is 2.58. The highest BCUT2D eigenvalue weighted by Gasteiger charge is 2.14. The molecule has 0 aliphatic rings. The highest BCUT2D eigenvalue weighted by atomic mass is 32.2. The molecule has 1 aromatic heterocycles. The lowest BCUT2D eigenvalue weighted by Crippen LogP contribution is -1.96. The van der Waals surface area contributed by atoms with Gasteiger partial charge in [0.25, 0.3) is 6.43 Å². The molecule has 1 heterocycles. The van der Waals surface area contributed by atoms with Crippen molar-refractivity contribution in [1.29, 1.82) is 0 Å². The van der Waals surface area contributed by atoms with Crippen molar-refractivity contribution in [3.8, 4) is 0 Å². The summed E-state index contributed by atoms with van der Waals surface area (Å²) in [6, 6.07) is 4.03. The zero-order chi connectivity index (χ0) is 11.9. The van der Waals surface area contributed by atoms with Crippen LogP contribution in [0.3, 0.4) is 0 Å². The van der Waals surface area contributed by atoms with Crippen LogP contribution in [-0.2, 0) is 9.84 Å². The summed E-state index contributed by atoms with van der Waals surface area (Å²) in [6.07, 6.45) is -1.65. The van der Waals surface area contributed by atoms with E-state index in [1.807, 2.05) is 0 Å². The topological polar surface area (TPSA) is 62.8 Å². The highest BCUT2D eigenvalue weighted by Crippen LogP contribution is 2.21. The minimum Gasteiger partial charge on any atom is -0.337 e. The maximum absolute atomic E-state index is 12.3. The standard InChI is InChI=1S/C9H8F2N2O2S/c1-16(14,15)5-2-3-6-7(4-5)13-9(12-6)8(10)11/h2-4,8H,1H3,(H,12,13). The van der Waals surface area contributed by atoms with Gasteiger partial charge in [-0.15, -0.1) is 0 Å². The predicted octanol–water partition coefficient (Wildman–Crippen LogP) is 1.90. The fourth-order valence-corrected chi connectivity index (χ4v) is 1.99. The van der Waals surface area contributed by atoms with Crippen LogP contribution in [0.2, 0.25) is 0 Å². The number of aromatic amines is 1. The molecule has 0 atom stereocenters. The number of nitrogens with one attached hydrogen (secondary N) is 1. The summed E-state index contributed by atoms with van der Waals surface area (Å²) in [5.74, 6) is -0.458. The number of nitrogens with zero attached hydrogens (tertiary/aromatic N) is 1. The first-order chi connectivity index (χ1) is 7.38. The summed E-state index contributed by atoms with van der Waals surface area (Å²) in [5.41, 5.74) is 0.612. The Labute approximate surface area is 90.2 Å². The number of halogens is 2. The van der Waals surface area contributed by atoms with Crippen LogP contribution in [0.1, 0.15) is 12.2 Å². The number of H-pyrrole nitrogens is 1. The van der Waals surface area contributed by atoms with Crippen molar-refractivity contribution in [2.75, 3.05) is 6.26 Å². The number of aromatic nitrogens is 2. The molecule has 86 valence electrons. The van der Waals surface area contributed by atoms with Gasteiger partial charge >= 0.3 is 0 Å². The van der Waals surface area contributed by atoms with E-state index in [9.17, 15) is 17.2 Å². The van der Waals surface area contributed by atoms with Crippen LogP contribution < -0.4 is 0 Å². The normalized spacial score (nSPS) is 12.5. The number of hydrogen-bond donors (Lipinski definition) is 1. The quantitative estimate of drug-likeness (QED) is 0.880. The molecule has 2 aromatic rings. The number of benzene rings is 1. The Morgan fingerprint density at radius 1 is 1.38 bits per heavy atom. The van der Waals surface area contributed by atoms with Gasteiger partial charge in [0.1, 0.15) is 0 Å². The number of fused-ring (bicyclic) bond motifs is 1. The van der Waals surface area contributed by atoms with E-state index in [0.29, 0.717) is 11.0 Å². The third kappa shape index (κ3) is 1.90. The van der Waals surface area contributed by atoms with E-state index in [-0.39, 0.29) is 4.90 Å². The molecule has 1 N–H and O–H groups in total. The first kappa shape index (κ1) is 11.0. The van der Waals surface area contributed by atoms with Crippen molar-refractivity contribution in [1.82, 2.24) is 9.97 Å². The van der Waals surface area contributed by atoms with E-state index in [4.69, 9.17) is 0 Å². The van der Waals surface area contributed by atoms with Gasteiger partial charge in [-0.05, 0) is 18.2 Å². The lowest BCUT2D eigenvalue weighted by atomic mass is 10.3. The van der Waals surface area contributed by atoms with Crippen LogP contribution >= 0.6 is 0 Å². The van der Waals surface area contributed by atoms with Crippen LogP contribution in [0.5, 0.6) is 0 Å². The second-order valence-corrected chi connectivity index (χ2v) is 5.39. The molecular weight excluding hydrogens is 238 g/mol. The van der Waals surface area contributed by atoms with Gasteiger partial charge in [0.15, 0.2) is 15.7 Å². The molecule has 7 heteroatoms.